The maximum Gasteiger partial charge on any atom is 0.272 e. The number of aryl methyl sites for hydroxylation is 2. The molecule has 2 aromatic carbocycles. The number of halogens is 2. The summed E-state index contributed by atoms with van der Waals surface area (Å²) in [6.07, 6.45) is 0. The Kier molecular flexibility index (Phi) is 5.78. The van der Waals surface area contributed by atoms with Crippen LogP contribution in [0.2, 0.25) is 0 Å². The van der Waals surface area contributed by atoms with Crippen LogP contribution in [0.5, 0.6) is 0 Å². The Morgan fingerprint density at radius 3 is 2.17 bits per heavy atom. The Morgan fingerprint density at radius 2 is 1.58 bits per heavy atom. The van der Waals surface area contributed by atoms with Crippen LogP contribution in [-0.4, -0.2) is 10.2 Å². The van der Waals surface area contributed by atoms with Gasteiger partial charge in [-0.1, -0.05) is 0 Å². The zero-order valence-corrected chi connectivity index (χ0v) is 16.0. The summed E-state index contributed by atoms with van der Waals surface area (Å²) in [7, 11) is 0. The second-order valence-corrected chi connectivity index (χ2v) is 5.28. The molecule has 0 aliphatic rings. The van der Waals surface area contributed by atoms with Crippen molar-refractivity contribution in [1.29, 1.82) is 0 Å². The Morgan fingerprint density at radius 1 is 1.00 bits per heavy atom. The molecule has 3 aromatic rings. The first-order valence-corrected chi connectivity index (χ1v) is 7.01. The molecule has 0 saturated carbocycles. The molecule has 119 valence electrons. The molecule has 3 nitrogen and oxygen atoms in total. The predicted molar refractivity (Wildman–Crippen MR) is 84.0 cm³/mol. The molecule has 0 saturated heterocycles. The predicted octanol–water partition coefficient (Wildman–Crippen LogP) is 3.80. The smallest absolute Gasteiger partial charge is 0.267 e. The van der Waals surface area contributed by atoms with Gasteiger partial charge in [-0.15, -0.1) is 5.56 Å². The van der Waals surface area contributed by atoms with Crippen LogP contribution in [0, 0.1) is 31.5 Å². The summed E-state index contributed by atoms with van der Waals surface area (Å²) in [6.45, 7) is 3.27. The average molecular weight is 400 g/mol. The van der Waals surface area contributed by atoms with Gasteiger partial charge in [0.1, 0.15) is 11.6 Å². The molecule has 0 atom stereocenters. The van der Waals surface area contributed by atoms with Crippen LogP contribution in [0.15, 0.2) is 41.2 Å². The van der Waals surface area contributed by atoms with Crippen LogP contribution < -0.4 is 5.56 Å². The molecule has 0 amide bonds. The normalized spacial score (nSPS) is 10.3. The Labute approximate surface area is 163 Å². The maximum atomic E-state index is 14.4. The maximum absolute atomic E-state index is 14.4. The molecule has 1 N–H and O–H groups in total. The number of benzene rings is 2. The molecule has 3 rings (SSSR count). The van der Waals surface area contributed by atoms with Crippen molar-refractivity contribution in [2.24, 2.45) is 0 Å². The van der Waals surface area contributed by atoms with Gasteiger partial charge in [-0.25, -0.2) is 13.9 Å². The van der Waals surface area contributed by atoms with Gasteiger partial charge in [-0.05, 0) is 37.1 Å². The number of hydrogen-bond acceptors (Lipinski definition) is 2. The van der Waals surface area contributed by atoms with Crippen LogP contribution in [0.3, 0.4) is 0 Å². The van der Waals surface area contributed by atoms with Crippen molar-refractivity contribution in [2.75, 3.05) is 0 Å². The van der Waals surface area contributed by atoms with E-state index in [9.17, 15) is 13.6 Å². The third kappa shape index (κ3) is 3.37. The summed E-state index contributed by atoms with van der Waals surface area (Å²) in [5, 5.41) is 6.22. The van der Waals surface area contributed by atoms with Crippen molar-refractivity contribution >= 4 is 0 Å². The van der Waals surface area contributed by atoms with Crippen molar-refractivity contribution in [2.45, 2.75) is 13.8 Å². The summed E-state index contributed by atoms with van der Waals surface area (Å²) in [5.74, 6) is -1.55. The van der Waals surface area contributed by atoms with Gasteiger partial charge in [0.25, 0.3) is 5.56 Å². The van der Waals surface area contributed by atoms with E-state index in [0.717, 1.165) is 0 Å². The summed E-state index contributed by atoms with van der Waals surface area (Å²) < 4.78 is 28.8. The van der Waals surface area contributed by atoms with Gasteiger partial charge < -0.3 is 0 Å². The van der Waals surface area contributed by atoms with Crippen molar-refractivity contribution in [3.63, 3.8) is 0 Å². The number of hydrogen-bond donors (Lipinski definition) is 1. The van der Waals surface area contributed by atoms with Crippen molar-refractivity contribution in [3.8, 4) is 22.3 Å². The van der Waals surface area contributed by atoms with Gasteiger partial charge in [-0.2, -0.15) is 35.4 Å². The number of H-pyrrole nitrogens is 1. The average Bonchev–Trinajstić information content (AvgIpc) is 2.50. The van der Waals surface area contributed by atoms with E-state index in [1.54, 1.807) is 38.1 Å². The molecule has 1 aromatic heterocycles. The van der Waals surface area contributed by atoms with Crippen LogP contribution in [0.4, 0.5) is 8.78 Å². The molecule has 0 unspecified atom stereocenters. The first kappa shape index (κ1) is 18.6. The van der Waals surface area contributed by atoms with Crippen LogP contribution in [0.25, 0.3) is 22.3 Å². The molecule has 1 radical (unpaired) electrons. The first-order chi connectivity index (χ1) is 11.0. The van der Waals surface area contributed by atoms with Gasteiger partial charge in [0.2, 0.25) is 0 Å². The molecule has 0 bridgehead atoms. The zero-order valence-electron chi connectivity index (χ0n) is 13.2. The minimum Gasteiger partial charge on any atom is -0.267 e. The fraction of sp³-hybridized carbons (Fsp3) is 0.111. The van der Waals surface area contributed by atoms with E-state index in [-0.39, 0.29) is 43.8 Å². The third-order valence-electron chi connectivity index (χ3n) is 3.61. The summed E-state index contributed by atoms with van der Waals surface area (Å²) >= 11 is 0. The Hall–Kier alpha value is -1.72. The minimum absolute atomic E-state index is 0. The van der Waals surface area contributed by atoms with E-state index >= 15 is 0 Å². The molecule has 6 heteroatoms. The molecule has 0 spiro atoms. The standard InChI is InChI=1S/C18H13F2N2O.Y/c1-10-8-13(19)16(14(20)9-10)17-15(11(2)21-22-18(17)23)12-6-4-3-5-7-12;/h4-9H,1-2H3,(H,22,23);/q-1;. The number of rotatable bonds is 2. The second-order valence-electron chi connectivity index (χ2n) is 5.28. The molecule has 1 heterocycles. The quantitative estimate of drug-likeness (QED) is 0.666. The van der Waals surface area contributed by atoms with Gasteiger partial charge in [0.05, 0.1) is 16.8 Å². The van der Waals surface area contributed by atoms with Gasteiger partial charge >= 0.3 is 0 Å². The summed E-state index contributed by atoms with van der Waals surface area (Å²) in [4.78, 5) is 12.3. The third-order valence-corrected chi connectivity index (χ3v) is 3.61. The SMILES string of the molecule is Cc1cc(F)c(-c2c(-c3cc[c-]cc3)c(C)n[nH]c2=O)c(F)c1.[Y]. The number of aromatic nitrogens is 2. The van der Waals surface area contributed by atoms with Crippen LogP contribution in [0.1, 0.15) is 11.3 Å². The van der Waals surface area contributed by atoms with Crippen LogP contribution >= 0.6 is 0 Å². The van der Waals surface area contributed by atoms with Gasteiger partial charge in [0, 0.05) is 32.7 Å². The van der Waals surface area contributed by atoms with E-state index in [1.807, 2.05) is 0 Å². The molecule has 0 aliphatic carbocycles. The van der Waals surface area contributed by atoms with E-state index in [1.165, 1.54) is 12.1 Å². The fourth-order valence-electron chi connectivity index (χ4n) is 2.62. The van der Waals surface area contributed by atoms with E-state index in [0.29, 0.717) is 22.4 Å². The fourth-order valence-corrected chi connectivity index (χ4v) is 2.62. The van der Waals surface area contributed by atoms with E-state index in [2.05, 4.69) is 16.3 Å². The van der Waals surface area contributed by atoms with Gasteiger partial charge in [-0.3, -0.25) is 4.79 Å². The Balaban J connectivity index is 0.00000208. The Bertz CT molecular complexity index is 916. The van der Waals surface area contributed by atoms with Gasteiger partial charge in [0.15, 0.2) is 0 Å². The molecule has 24 heavy (non-hydrogen) atoms. The summed E-state index contributed by atoms with van der Waals surface area (Å²) in [6, 6.07) is 12.1. The molecular weight excluding hydrogens is 387 g/mol. The topological polar surface area (TPSA) is 45.8 Å². The zero-order chi connectivity index (χ0) is 16.6. The summed E-state index contributed by atoms with van der Waals surface area (Å²) in [5.41, 5.74) is 0.939. The van der Waals surface area contributed by atoms with E-state index in [4.69, 9.17) is 0 Å². The first-order valence-electron chi connectivity index (χ1n) is 7.01. The molecule has 0 fully saturated rings. The molecule has 0 aliphatic heterocycles. The monoisotopic (exact) mass is 400 g/mol. The second kappa shape index (κ2) is 7.45. The number of aromatic amines is 1. The van der Waals surface area contributed by atoms with E-state index < -0.39 is 17.2 Å². The largest absolute Gasteiger partial charge is 0.272 e. The van der Waals surface area contributed by atoms with Crippen molar-refractivity contribution in [3.05, 3.63) is 75.7 Å². The minimum atomic E-state index is -0.776. The number of nitrogens with zero attached hydrogens (tertiary/aromatic N) is 1. The van der Waals surface area contributed by atoms with Crippen molar-refractivity contribution < 1.29 is 41.5 Å². The van der Waals surface area contributed by atoms with Crippen LogP contribution in [-0.2, 0) is 32.7 Å². The number of nitrogens with one attached hydrogen (secondary N) is 1. The molecular formula is C18H13F2N2OY-. The van der Waals surface area contributed by atoms with Crippen molar-refractivity contribution in [1.82, 2.24) is 10.2 Å².